The highest BCUT2D eigenvalue weighted by Gasteiger charge is 2.50. The number of rotatable bonds is 8. The Labute approximate surface area is 343 Å². The van der Waals surface area contributed by atoms with Crippen LogP contribution in [0.15, 0.2) is 36.5 Å². The maximum absolute atomic E-state index is 17.4. The highest BCUT2D eigenvalue weighted by Crippen LogP contribution is 2.50. The van der Waals surface area contributed by atoms with Crippen LogP contribution < -0.4 is 9.64 Å². The Kier molecular flexibility index (Phi) is 10.4. The number of hydrogen-bond acceptors (Lipinski definition) is 10. The standard InChI is InChI=1S/C45H54F2N8O4/c1-6-32-35(46)12-11-28-20-31(56)22-33(38(28)32)40-39(47)41-34(23-48-40)42(53-15-9-17-55-30(24-53)21-36(51-55)43(57)52(4)5)50-44(49-41)58-25-45-13-7-10-37(45)54(16-8-14-45)29-18-26(2)59-27(3)19-29/h11-12,20-23,26-27,29,37,56H,6-10,13-19,24-25H2,1-5H3. The summed E-state index contributed by atoms with van der Waals surface area (Å²) in [6.07, 6.45) is 10.5. The van der Waals surface area contributed by atoms with Gasteiger partial charge in [0.05, 0.1) is 36.4 Å². The monoisotopic (exact) mass is 808 g/mol. The number of phenols is 1. The number of pyridine rings is 1. The molecule has 1 N–H and O–H groups in total. The molecule has 9 rings (SSSR count). The predicted molar refractivity (Wildman–Crippen MR) is 222 cm³/mol. The second-order valence-corrected chi connectivity index (χ2v) is 17.5. The minimum Gasteiger partial charge on any atom is -0.508 e. The number of likely N-dealkylation sites (tertiary alicyclic amines) is 1. The summed E-state index contributed by atoms with van der Waals surface area (Å²) >= 11 is 0. The Morgan fingerprint density at radius 1 is 1.03 bits per heavy atom. The fourth-order valence-electron chi connectivity index (χ4n) is 10.7. The van der Waals surface area contributed by atoms with Gasteiger partial charge in [0.25, 0.3) is 5.91 Å². The van der Waals surface area contributed by atoms with Crippen molar-refractivity contribution in [3.8, 4) is 23.0 Å². The maximum atomic E-state index is 17.4. The molecule has 3 aromatic heterocycles. The molecule has 5 aromatic rings. The van der Waals surface area contributed by atoms with Crippen molar-refractivity contribution in [1.29, 1.82) is 0 Å². The van der Waals surface area contributed by atoms with Crippen molar-refractivity contribution >= 4 is 33.4 Å². The Morgan fingerprint density at radius 2 is 1.83 bits per heavy atom. The van der Waals surface area contributed by atoms with Gasteiger partial charge in [-0.3, -0.25) is 19.4 Å². The summed E-state index contributed by atoms with van der Waals surface area (Å²) in [7, 11) is 3.40. The van der Waals surface area contributed by atoms with E-state index in [1.807, 2.05) is 17.7 Å². The van der Waals surface area contributed by atoms with Crippen molar-refractivity contribution in [3.05, 3.63) is 65.1 Å². The number of carbonyl (C=O) groups excluding carboxylic acids is 1. The molecule has 1 aliphatic carbocycles. The SMILES string of the molecule is CCc1c(F)ccc2cc(O)cc(-c3ncc4c(N5CCCn6nc(C(=O)N(C)C)cc6C5)nc(OCC56CCCC5N(C5CC(C)OC(C)C5)CCC6)nc4c3F)c12. The van der Waals surface area contributed by atoms with Gasteiger partial charge in [0, 0.05) is 56.4 Å². The molecule has 3 fully saturated rings. The number of halogens is 2. The van der Waals surface area contributed by atoms with Crippen molar-refractivity contribution < 1.29 is 28.2 Å². The number of ether oxygens (including phenoxy) is 2. The van der Waals surface area contributed by atoms with Crippen LogP contribution in [0.25, 0.3) is 32.9 Å². The number of aromatic hydroxyl groups is 1. The second kappa shape index (κ2) is 15.6. The van der Waals surface area contributed by atoms with E-state index in [1.165, 1.54) is 17.0 Å². The summed E-state index contributed by atoms with van der Waals surface area (Å²) < 4.78 is 47.4. The molecule has 4 atom stereocenters. The van der Waals surface area contributed by atoms with E-state index < -0.39 is 11.6 Å². The smallest absolute Gasteiger partial charge is 0.319 e. The number of nitrogens with zero attached hydrogens (tertiary/aromatic N) is 8. The summed E-state index contributed by atoms with van der Waals surface area (Å²) in [6.45, 7) is 9.21. The van der Waals surface area contributed by atoms with Crippen LogP contribution in [0.4, 0.5) is 14.6 Å². The van der Waals surface area contributed by atoms with Crippen LogP contribution in [0.1, 0.15) is 93.9 Å². The zero-order valence-electron chi connectivity index (χ0n) is 34.7. The molecule has 12 nitrogen and oxygen atoms in total. The Bertz CT molecular complexity index is 2410. The molecule has 1 saturated carbocycles. The second-order valence-electron chi connectivity index (χ2n) is 17.5. The van der Waals surface area contributed by atoms with Crippen molar-refractivity contribution in [1.82, 2.24) is 34.5 Å². The lowest BCUT2D eigenvalue weighted by molar-refractivity contribution is -0.0967. The van der Waals surface area contributed by atoms with Gasteiger partial charge in [0.1, 0.15) is 28.6 Å². The molecule has 4 unspecified atom stereocenters. The maximum Gasteiger partial charge on any atom is 0.319 e. The summed E-state index contributed by atoms with van der Waals surface area (Å²) in [5.41, 5.74) is 1.77. The van der Waals surface area contributed by atoms with Crippen molar-refractivity contribution in [2.45, 2.75) is 116 Å². The number of aromatic nitrogens is 5. The number of fused-ring (bicyclic) bond motifs is 4. The molecular formula is C45H54F2N8O4. The Balaban J connectivity index is 1.13. The van der Waals surface area contributed by atoms with Crippen LogP contribution in [0.2, 0.25) is 0 Å². The molecule has 2 aromatic carbocycles. The van der Waals surface area contributed by atoms with E-state index in [1.54, 1.807) is 32.4 Å². The van der Waals surface area contributed by atoms with Crippen LogP contribution in [0.3, 0.4) is 0 Å². The van der Waals surface area contributed by atoms with Gasteiger partial charge in [0.15, 0.2) is 11.5 Å². The summed E-state index contributed by atoms with van der Waals surface area (Å²) in [4.78, 5) is 33.7. The first-order chi connectivity index (χ1) is 28.4. The lowest BCUT2D eigenvalue weighted by atomic mass is 9.74. The fourth-order valence-corrected chi connectivity index (χ4v) is 10.7. The quantitative estimate of drug-likeness (QED) is 0.167. The molecule has 4 aliphatic rings. The molecule has 0 spiro atoms. The largest absolute Gasteiger partial charge is 0.508 e. The number of carbonyl (C=O) groups is 1. The van der Waals surface area contributed by atoms with Gasteiger partial charge in [-0.2, -0.15) is 15.1 Å². The average molecular weight is 809 g/mol. The van der Waals surface area contributed by atoms with E-state index in [2.05, 4.69) is 33.7 Å². The zero-order valence-corrected chi connectivity index (χ0v) is 34.7. The van der Waals surface area contributed by atoms with E-state index in [-0.39, 0.29) is 52.1 Å². The molecule has 312 valence electrons. The number of hydrogen-bond donors (Lipinski definition) is 1. The van der Waals surface area contributed by atoms with E-state index in [9.17, 15) is 9.90 Å². The van der Waals surface area contributed by atoms with Crippen molar-refractivity contribution in [2.75, 3.05) is 38.7 Å². The average Bonchev–Trinajstić information content (AvgIpc) is 3.77. The first-order valence-corrected chi connectivity index (χ1v) is 21.3. The molecule has 14 heteroatoms. The number of benzene rings is 2. The van der Waals surface area contributed by atoms with Gasteiger partial charge in [-0.1, -0.05) is 19.4 Å². The predicted octanol–water partition coefficient (Wildman–Crippen LogP) is 7.67. The van der Waals surface area contributed by atoms with Crippen LogP contribution in [-0.2, 0) is 24.2 Å². The van der Waals surface area contributed by atoms with Crippen LogP contribution in [0.5, 0.6) is 11.8 Å². The summed E-state index contributed by atoms with van der Waals surface area (Å²) in [5.74, 6) is -0.918. The lowest BCUT2D eigenvalue weighted by Crippen LogP contribution is -2.57. The zero-order chi connectivity index (χ0) is 41.2. The summed E-state index contributed by atoms with van der Waals surface area (Å²) in [5, 5.41) is 16.9. The molecule has 1 amide bonds. The Morgan fingerprint density at radius 3 is 2.61 bits per heavy atom. The molecule has 3 aliphatic heterocycles. The molecule has 6 heterocycles. The van der Waals surface area contributed by atoms with Gasteiger partial charge in [-0.15, -0.1) is 0 Å². The van der Waals surface area contributed by atoms with Crippen molar-refractivity contribution in [3.63, 3.8) is 0 Å². The normalized spacial score (nSPS) is 24.9. The lowest BCUT2D eigenvalue weighted by Gasteiger charge is -2.51. The molecular weight excluding hydrogens is 755 g/mol. The third-order valence-electron chi connectivity index (χ3n) is 13.3. The van der Waals surface area contributed by atoms with Gasteiger partial charge < -0.3 is 24.4 Å². The molecule has 59 heavy (non-hydrogen) atoms. The first kappa shape index (κ1) is 39.5. The summed E-state index contributed by atoms with van der Waals surface area (Å²) in [6, 6.07) is 8.66. The number of piperidine rings is 1. The third-order valence-corrected chi connectivity index (χ3v) is 13.3. The van der Waals surface area contributed by atoms with E-state index in [0.717, 1.165) is 57.2 Å². The first-order valence-electron chi connectivity index (χ1n) is 21.3. The molecule has 0 bridgehead atoms. The minimum absolute atomic E-state index is 0.0260. The highest BCUT2D eigenvalue weighted by atomic mass is 19.1. The van der Waals surface area contributed by atoms with Gasteiger partial charge in [-0.05, 0) is 112 Å². The van der Waals surface area contributed by atoms with E-state index in [0.29, 0.717) is 84.4 Å². The van der Waals surface area contributed by atoms with Crippen LogP contribution >= 0.6 is 0 Å². The number of amides is 1. The molecule has 0 radical (unpaired) electrons. The third kappa shape index (κ3) is 7.15. The Hall–Kier alpha value is -4.95. The van der Waals surface area contributed by atoms with Crippen LogP contribution in [-0.4, -0.2) is 104 Å². The van der Waals surface area contributed by atoms with Gasteiger partial charge in [0.2, 0.25) is 0 Å². The number of anilines is 1. The highest BCUT2D eigenvalue weighted by molar-refractivity contribution is 6.02. The fraction of sp³-hybridized carbons (Fsp3) is 0.533. The number of phenolic OH excluding ortho intramolecular Hbond substituents is 1. The number of aryl methyl sites for hydroxylation is 2. The van der Waals surface area contributed by atoms with Gasteiger partial charge in [-0.25, -0.2) is 8.78 Å². The molecule has 2 saturated heterocycles. The van der Waals surface area contributed by atoms with E-state index >= 15 is 8.78 Å². The van der Waals surface area contributed by atoms with Gasteiger partial charge >= 0.3 is 6.01 Å². The van der Waals surface area contributed by atoms with Crippen LogP contribution in [0, 0.1) is 17.0 Å². The van der Waals surface area contributed by atoms with Crippen molar-refractivity contribution in [2.24, 2.45) is 5.41 Å². The topological polar surface area (TPSA) is 122 Å². The minimum atomic E-state index is -0.712. The van der Waals surface area contributed by atoms with E-state index in [4.69, 9.17) is 19.4 Å².